The van der Waals surface area contributed by atoms with Crippen molar-refractivity contribution in [1.29, 1.82) is 5.26 Å². The Kier molecular flexibility index (Phi) is 4.75. The van der Waals surface area contributed by atoms with Crippen molar-refractivity contribution in [2.45, 2.75) is 6.92 Å². The minimum atomic E-state index is -0.273. The zero-order valence-electron chi connectivity index (χ0n) is 10.5. The normalized spacial score (nSPS) is 9.61. The number of nitrogens with two attached hydrogens (primary N) is 1. The van der Waals surface area contributed by atoms with Gasteiger partial charge in [-0.2, -0.15) is 5.26 Å². The summed E-state index contributed by atoms with van der Waals surface area (Å²) in [7, 11) is 1.86. The van der Waals surface area contributed by atoms with Gasteiger partial charge in [-0.05, 0) is 6.92 Å². The maximum atomic E-state index is 11.9. The predicted octanol–water partition coefficient (Wildman–Crippen LogP) is 1.57. The lowest BCUT2D eigenvalue weighted by atomic mass is 10.2. The van der Waals surface area contributed by atoms with Crippen LogP contribution in [-0.4, -0.2) is 26.0 Å². The molecule has 0 aliphatic rings. The third kappa shape index (κ3) is 2.63. The van der Waals surface area contributed by atoms with Crippen LogP contribution in [0.5, 0.6) is 0 Å². The number of nitrogen functional groups attached to an aromatic ring is 1. The molecule has 0 aliphatic heterocycles. The molecule has 1 aromatic heterocycles. The number of nitrogens with zero attached hydrogens (tertiary/aromatic N) is 2. The molecule has 0 spiro atoms. The molecule has 0 radical (unpaired) electrons. The van der Waals surface area contributed by atoms with Crippen LogP contribution in [0.25, 0.3) is 0 Å². The van der Waals surface area contributed by atoms with Crippen molar-refractivity contribution < 1.29 is 4.79 Å². The van der Waals surface area contributed by atoms with E-state index in [1.807, 2.05) is 18.9 Å². The molecular weight excluding hydrogens is 248 g/mol. The molecule has 1 amide bonds. The summed E-state index contributed by atoms with van der Waals surface area (Å²) in [5.41, 5.74) is 6.47. The lowest BCUT2D eigenvalue weighted by Crippen LogP contribution is -2.23. The third-order valence-corrected chi connectivity index (χ3v) is 3.79. The van der Waals surface area contributed by atoms with Crippen molar-refractivity contribution in [2.24, 2.45) is 0 Å². The molecule has 18 heavy (non-hydrogen) atoms. The second-order valence-electron chi connectivity index (χ2n) is 3.65. The topological polar surface area (TPSA) is 82.2 Å². The molecule has 0 aliphatic carbocycles. The summed E-state index contributed by atoms with van der Waals surface area (Å²) in [4.78, 5) is 14.1. The summed E-state index contributed by atoms with van der Waals surface area (Å²) in [6.07, 6.45) is 1.59. The molecule has 0 unspecified atom stereocenters. The van der Waals surface area contributed by atoms with E-state index in [0.29, 0.717) is 17.0 Å². The highest BCUT2D eigenvalue weighted by Gasteiger charge is 2.22. The van der Waals surface area contributed by atoms with Gasteiger partial charge in [0.2, 0.25) is 0 Å². The van der Waals surface area contributed by atoms with Crippen LogP contribution in [0.15, 0.2) is 12.7 Å². The van der Waals surface area contributed by atoms with E-state index in [2.05, 4.69) is 18.0 Å². The third-order valence-electron chi connectivity index (χ3n) is 2.47. The van der Waals surface area contributed by atoms with E-state index in [0.717, 1.165) is 11.5 Å². The lowest BCUT2D eigenvalue weighted by Gasteiger charge is -2.14. The molecule has 1 aromatic rings. The van der Waals surface area contributed by atoms with Gasteiger partial charge in [-0.15, -0.1) is 17.9 Å². The van der Waals surface area contributed by atoms with Crippen LogP contribution in [0.3, 0.4) is 0 Å². The van der Waals surface area contributed by atoms with Crippen LogP contribution in [0.1, 0.15) is 22.2 Å². The van der Waals surface area contributed by atoms with E-state index in [9.17, 15) is 4.79 Å². The second-order valence-corrected chi connectivity index (χ2v) is 4.65. The predicted molar refractivity (Wildman–Crippen MR) is 74.9 cm³/mol. The summed E-state index contributed by atoms with van der Waals surface area (Å²) in [6.45, 7) is 6.60. The van der Waals surface area contributed by atoms with Crippen molar-refractivity contribution in [3.8, 4) is 6.07 Å². The Hall–Kier alpha value is -2.00. The first-order chi connectivity index (χ1) is 8.56. The highest BCUT2D eigenvalue weighted by atomic mass is 32.1. The van der Waals surface area contributed by atoms with Gasteiger partial charge < -0.3 is 16.0 Å². The van der Waals surface area contributed by atoms with Crippen LogP contribution in [0, 0.1) is 11.3 Å². The largest absolute Gasteiger partial charge is 0.396 e. The molecule has 1 rings (SSSR count). The Morgan fingerprint density at radius 1 is 1.72 bits per heavy atom. The average Bonchev–Trinajstić information content (AvgIpc) is 2.72. The number of amides is 1. The van der Waals surface area contributed by atoms with Crippen molar-refractivity contribution >= 4 is 27.9 Å². The maximum Gasteiger partial charge on any atom is 0.263 e. The van der Waals surface area contributed by atoms with E-state index in [-0.39, 0.29) is 11.6 Å². The Balaban J connectivity index is 3.15. The van der Waals surface area contributed by atoms with Gasteiger partial charge in [0, 0.05) is 20.1 Å². The fourth-order valence-electron chi connectivity index (χ4n) is 1.37. The fraction of sp³-hybridized carbons (Fsp3) is 0.333. The van der Waals surface area contributed by atoms with Crippen LogP contribution in [-0.2, 0) is 0 Å². The van der Waals surface area contributed by atoms with Gasteiger partial charge in [0.1, 0.15) is 21.5 Å². The van der Waals surface area contributed by atoms with Crippen LogP contribution >= 0.6 is 11.3 Å². The first kappa shape index (κ1) is 14.1. The highest BCUT2D eigenvalue weighted by Crippen LogP contribution is 2.37. The summed E-state index contributed by atoms with van der Waals surface area (Å²) in [6, 6.07) is 2.05. The lowest BCUT2D eigenvalue weighted by molar-refractivity contribution is 0.0963. The molecule has 0 atom stereocenters. The molecule has 0 saturated heterocycles. The van der Waals surface area contributed by atoms with E-state index in [1.165, 1.54) is 11.3 Å². The minimum absolute atomic E-state index is 0.249. The molecule has 0 fully saturated rings. The van der Waals surface area contributed by atoms with Crippen molar-refractivity contribution in [3.05, 3.63) is 23.1 Å². The number of nitrogens with one attached hydrogen (secondary N) is 1. The average molecular weight is 264 g/mol. The van der Waals surface area contributed by atoms with Gasteiger partial charge in [-0.1, -0.05) is 6.08 Å². The van der Waals surface area contributed by atoms with Gasteiger partial charge >= 0.3 is 0 Å². The number of hydrogen-bond donors (Lipinski definition) is 2. The first-order valence-electron chi connectivity index (χ1n) is 5.49. The Bertz CT molecular complexity index is 501. The smallest absolute Gasteiger partial charge is 0.263 e. The Labute approximate surface area is 111 Å². The molecule has 6 heteroatoms. The first-order valence-corrected chi connectivity index (χ1v) is 6.31. The molecule has 0 saturated carbocycles. The Morgan fingerprint density at radius 3 is 2.89 bits per heavy atom. The highest BCUT2D eigenvalue weighted by molar-refractivity contribution is 7.19. The number of nitriles is 1. The van der Waals surface area contributed by atoms with E-state index in [4.69, 9.17) is 11.0 Å². The van der Waals surface area contributed by atoms with Gasteiger partial charge in [-0.3, -0.25) is 4.79 Å². The Morgan fingerprint density at radius 2 is 2.39 bits per heavy atom. The standard InChI is InChI=1S/C12H16N4OS/c1-4-6-15-11(17)10-9(14)8(7-13)12(18-10)16(3)5-2/h4H,1,5-6,14H2,2-3H3,(H,15,17). The van der Waals surface area contributed by atoms with Crippen molar-refractivity contribution in [1.82, 2.24) is 5.32 Å². The minimum Gasteiger partial charge on any atom is -0.396 e. The summed E-state index contributed by atoms with van der Waals surface area (Å²) < 4.78 is 0. The second kappa shape index (κ2) is 6.07. The molecule has 0 aromatic carbocycles. The zero-order valence-corrected chi connectivity index (χ0v) is 11.3. The number of carbonyl (C=O) groups is 1. The van der Waals surface area contributed by atoms with Gasteiger partial charge in [0.15, 0.2) is 0 Å². The summed E-state index contributed by atoms with van der Waals surface area (Å²) in [5, 5.41) is 12.5. The number of thiophene rings is 1. The number of carbonyl (C=O) groups excluding carboxylic acids is 1. The fourth-order valence-corrected chi connectivity index (χ4v) is 2.48. The SMILES string of the molecule is C=CCNC(=O)c1sc(N(C)CC)c(C#N)c1N. The molecular formula is C12H16N4OS. The van der Waals surface area contributed by atoms with Gasteiger partial charge in [0.25, 0.3) is 5.91 Å². The van der Waals surface area contributed by atoms with E-state index < -0.39 is 0 Å². The monoisotopic (exact) mass is 264 g/mol. The van der Waals surface area contributed by atoms with Crippen LogP contribution in [0.4, 0.5) is 10.7 Å². The number of anilines is 2. The van der Waals surface area contributed by atoms with E-state index in [1.54, 1.807) is 6.08 Å². The zero-order chi connectivity index (χ0) is 13.7. The molecule has 3 N–H and O–H groups in total. The van der Waals surface area contributed by atoms with Crippen LogP contribution in [0.2, 0.25) is 0 Å². The van der Waals surface area contributed by atoms with Gasteiger partial charge in [-0.25, -0.2) is 0 Å². The van der Waals surface area contributed by atoms with Crippen LogP contribution < -0.4 is 16.0 Å². The summed E-state index contributed by atoms with van der Waals surface area (Å²) >= 11 is 1.23. The van der Waals surface area contributed by atoms with E-state index >= 15 is 0 Å². The maximum absolute atomic E-state index is 11.9. The van der Waals surface area contributed by atoms with Crippen molar-refractivity contribution in [3.63, 3.8) is 0 Å². The summed E-state index contributed by atoms with van der Waals surface area (Å²) in [5.74, 6) is -0.273. The molecule has 5 nitrogen and oxygen atoms in total. The molecule has 0 bridgehead atoms. The van der Waals surface area contributed by atoms with Gasteiger partial charge in [0.05, 0.1) is 5.69 Å². The number of hydrogen-bond acceptors (Lipinski definition) is 5. The molecule has 1 heterocycles. The molecule has 96 valence electrons. The van der Waals surface area contributed by atoms with Crippen molar-refractivity contribution in [2.75, 3.05) is 30.8 Å². The quantitative estimate of drug-likeness (QED) is 0.791. The number of rotatable bonds is 5.